The van der Waals surface area contributed by atoms with Crippen LogP contribution < -0.4 is 11.1 Å². The summed E-state index contributed by atoms with van der Waals surface area (Å²) in [6.07, 6.45) is 0.330. The van der Waals surface area contributed by atoms with E-state index < -0.39 is 0 Å². The summed E-state index contributed by atoms with van der Waals surface area (Å²) in [4.78, 5) is 10.5. The Morgan fingerprint density at radius 1 is 2.00 bits per heavy atom. The quantitative estimate of drug-likeness (QED) is 0.413. The van der Waals surface area contributed by atoms with E-state index in [0.717, 1.165) is 0 Å². The fourth-order valence-corrected chi connectivity index (χ4v) is 0.920. The van der Waals surface area contributed by atoms with E-state index in [2.05, 4.69) is 10.4 Å². The van der Waals surface area contributed by atoms with E-state index in [1.165, 1.54) is 0 Å². The van der Waals surface area contributed by atoms with Gasteiger partial charge in [-0.2, -0.15) is 0 Å². The van der Waals surface area contributed by atoms with Crippen LogP contribution in [0, 0.1) is 0 Å². The van der Waals surface area contributed by atoms with Gasteiger partial charge in [0.2, 0.25) is 7.34 Å². The topological polar surface area (TPSA) is 75.3 Å². The van der Waals surface area contributed by atoms with Crippen LogP contribution in [0.2, 0.25) is 0 Å². The first-order chi connectivity index (χ1) is 4.74. The first kappa shape index (κ1) is 5.20. The molecule has 2 atom stereocenters. The molecule has 0 aromatic rings. The van der Waals surface area contributed by atoms with E-state index in [1.54, 1.807) is 0 Å². The predicted octanol–water partition coefficient (Wildman–Crippen LogP) is -1.81. The van der Waals surface area contributed by atoms with Crippen LogP contribution in [0.4, 0.5) is 0 Å². The van der Waals surface area contributed by atoms with Gasteiger partial charge in [0.15, 0.2) is 0 Å². The van der Waals surface area contributed by atoms with Crippen molar-refractivity contribution in [1.82, 2.24) is 5.32 Å². The summed E-state index contributed by atoms with van der Waals surface area (Å²) in [6, 6.07) is -0.310. The normalized spacial score (nSPS) is 36.2. The monoisotopic (exact) mass is 131 g/mol. The molecule has 0 spiro atoms. The van der Waals surface area contributed by atoms with Crippen molar-refractivity contribution in [2.75, 3.05) is 6.54 Å². The minimum atomic E-state index is -0.375. The molecule has 0 saturated carbocycles. The minimum absolute atomic E-state index is 0.183. The third-order valence-electron chi connectivity index (χ3n) is 1.43. The number of aliphatic hydroxyl groups excluding tert-OH is 1. The predicted molar refractivity (Wildman–Crippen MR) is 31.6 cm³/mol. The maximum absolute atomic E-state index is 10.5. The van der Waals surface area contributed by atoms with Crippen LogP contribution in [0.1, 0.15) is 6.42 Å². The van der Waals surface area contributed by atoms with Crippen molar-refractivity contribution in [3.8, 4) is 0 Å². The number of hydrogen-bond acceptors (Lipinski definition) is 3. The summed E-state index contributed by atoms with van der Waals surface area (Å²) in [7, 11) is 0. The molecule has 1 heterocycles. The molecule has 1 aliphatic rings. The molecule has 1 amide bonds. The Hall–Kier alpha value is -0.610. The second-order valence-electron chi connectivity index (χ2n) is 2.22. The van der Waals surface area contributed by atoms with Gasteiger partial charge < -0.3 is 16.2 Å². The van der Waals surface area contributed by atoms with Crippen molar-refractivity contribution in [3.63, 3.8) is 0 Å². The Bertz CT molecular complexity index is 142. The summed E-state index contributed by atoms with van der Waals surface area (Å²) in [5.41, 5.74) is 5.00. The van der Waals surface area contributed by atoms with Gasteiger partial charge in [0.1, 0.15) is 0 Å². The number of hydrogen-bond donors (Lipinski definition) is 3. The van der Waals surface area contributed by atoms with Crippen molar-refractivity contribution >= 4 is 5.91 Å². The second-order valence-corrected chi connectivity index (χ2v) is 2.22. The number of nitrogens with one attached hydrogen (secondary N) is 1. The largest absolute Gasteiger partial charge is 0.392 e. The van der Waals surface area contributed by atoms with Crippen molar-refractivity contribution in [2.45, 2.75) is 18.6 Å². The smallest absolute Gasteiger partial charge is 0.234 e. The third-order valence-corrected chi connectivity index (χ3v) is 1.43. The molecular formula is C5H10N2O2. The van der Waals surface area contributed by atoms with E-state index in [0.29, 0.717) is 13.0 Å². The SMILES string of the molecule is [2H]O[C@@H]1CN[C@H](C(N)=O)C1. The van der Waals surface area contributed by atoms with Crippen molar-refractivity contribution < 1.29 is 9.90 Å². The Kier molecular flexibility index (Phi) is 1.34. The molecule has 1 saturated heterocycles. The molecule has 4 heteroatoms. The van der Waals surface area contributed by atoms with Crippen LogP contribution in [-0.2, 0) is 4.79 Å². The lowest BCUT2D eigenvalue weighted by atomic mass is 10.2. The number of carbonyl (C=O) groups excluding carboxylic acids is 1. The molecule has 1 fully saturated rings. The van der Waals surface area contributed by atoms with E-state index in [9.17, 15) is 4.79 Å². The van der Waals surface area contributed by atoms with Gasteiger partial charge in [-0.25, -0.2) is 0 Å². The Labute approximate surface area is 54.5 Å². The Morgan fingerprint density at radius 3 is 3.11 bits per heavy atom. The summed E-state index contributed by atoms with van der Waals surface area (Å²) < 4.78 is 6.54. The molecule has 4 nitrogen and oxygen atoms in total. The zero-order valence-corrected chi connectivity index (χ0v) is 4.96. The fourth-order valence-electron chi connectivity index (χ4n) is 0.920. The molecular weight excluding hydrogens is 120 g/mol. The molecule has 0 aromatic carbocycles. The Morgan fingerprint density at radius 2 is 2.78 bits per heavy atom. The highest BCUT2D eigenvalue weighted by atomic mass is 16.3. The fraction of sp³-hybridized carbons (Fsp3) is 0.800. The highest BCUT2D eigenvalue weighted by Crippen LogP contribution is 2.04. The van der Waals surface area contributed by atoms with Gasteiger partial charge in [0.05, 0.1) is 12.1 Å². The highest BCUT2D eigenvalue weighted by molar-refractivity contribution is 5.80. The van der Waals surface area contributed by atoms with Crippen LogP contribution in [0.25, 0.3) is 0 Å². The maximum atomic E-state index is 10.5. The van der Waals surface area contributed by atoms with Crippen molar-refractivity contribution in [2.24, 2.45) is 5.73 Å². The number of rotatable bonds is 2. The Balaban J connectivity index is 2.35. The standard InChI is InChI=1S/C5H10N2O2/c6-5(9)4-1-3(8)2-7-4/h3-4,7-8H,1-2H2,(H2,6,9)/t3-,4-/m0/s1/i8D. The first-order valence-electron chi connectivity index (χ1n) is 3.29. The third kappa shape index (κ3) is 1.40. The zero-order valence-electron chi connectivity index (χ0n) is 5.96. The lowest BCUT2D eigenvalue weighted by Crippen LogP contribution is -2.36. The van der Waals surface area contributed by atoms with Crippen molar-refractivity contribution in [1.29, 1.82) is 1.43 Å². The van der Waals surface area contributed by atoms with Crippen LogP contribution in [-0.4, -0.2) is 31.1 Å². The first-order valence-corrected chi connectivity index (χ1v) is 2.88. The number of β-amino-alcohol motifs (C(OH)–C–C–N with tert-alkyl or cyclic N) is 1. The number of primary amides is 1. The lowest BCUT2D eigenvalue weighted by molar-refractivity contribution is -0.119. The molecule has 1 aliphatic heterocycles. The number of amides is 1. The molecule has 1 rings (SSSR count). The number of nitrogens with two attached hydrogens (primary N) is 1. The van der Waals surface area contributed by atoms with Gasteiger partial charge in [-0.3, -0.25) is 4.79 Å². The van der Waals surface area contributed by atoms with Gasteiger partial charge in [-0.15, -0.1) is 0 Å². The molecule has 52 valence electrons. The van der Waals surface area contributed by atoms with Crippen LogP contribution in [0.5, 0.6) is 0 Å². The highest BCUT2D eigenvalue weighted by Gasteiger charge is 2.25. The van der Waals surface area contributed by atoms with E-state index in [-0.39, 0.29) is 18.1 Å². The molecule has 0 aliphatic carbocycles. The summed E-state index contributed by atoms with van der Waals surface area (Å²) in [5, 5.41) is 7.11. The molecule has 4 N–H and O–H groups in total. The van der Waals surface area contributed by atoms with E-state index >= 15 is 0 Å². The molecule has 0 aromatic heterocycles. The maximum Gasteiger partial charge on any atom is 0.234 e. The number of aliphatic hydroxyl groups is 1. The van der Waals surface area contributed by atoms with Gasteiger partial charge in [0.25, 0.3) is 0 Å². The van der Waals surface area contributed by atoms with Crippen LogP contribution >= 0.6 is 0 Å². The molecule has 0 bridgehead atoms. The summed E-state index contributed by atoms with van der Waals surface area (Å²) >= 11 is 0. The van der Waals surface area contributed by atoms with Crippen LogP contribution in [0.3, 0.4) is 0 Å². The minimum Gasteiger partial charge on any atom is -0.392 e. The van der Waals surface area contributed by atoms with Crippen molar-refractivity contribution in [3.05, 3.63) is 0 Å². The molecule has 9 heavy (non-hydrogen) atoms. The summed E-state index contributed by atoms with van der Waals surface area (Å²) in [6.45, 7) is 0.539. The molecule has 0 radical (unpaired) electrons. The summed E-state index contributed by atoms with van der Waals surface area (Å²) in [5.74, 6) is -0.375. The van der Waals surface area contributed by atoms with Gasteiger partial charge >= 0.3 is 0 Å². The van der Waals surface area contributed by atoms with Gasteiger partial charge in [-0.05, 0) is 6.42 Å². The van der Waals surface area contributed by atoms with Gasteiger partial charge in [0, 0.05) is 6.54 Å². The molecule has 0 unspecified atom stereocenters. The number of carbonyl (C=O) groups is 1. The second kappa shape index (κ2) is 2.33. The lowest BCUT2D eigenvalue weighted by Gasteiger charge is -2.01. The van der Waals surface area contributed by atoms with E-state index in [4.69, 9.17) is 7.16 Å². The average molecular weight is 131 g/mol. The average Bonchev–Trinajstić information content (AvgIpc) is 2.34. The van der Waals surface area contributed by atoms with Crippen LogP contribution in [0.15, 0.2) is 0 Å². The van der Waals surface area contributed by atoms with E-state index in [1.807, 2.05) is 0 Å². The zero-order chi connectivity index (χ0) is 7.56. The van der Waals surface area contributed by atoms with Gasteiger partial charge in [-0.1, -0.05) is 0 Å².